The van der Waals surface area contributed by atoms with Crippen LogP contribution in [0.4, 0.5) is 0 Å². The molecule has 2 saturated heterocycles. The van der Waals surface area contributed by atoms with Gasteiger partial charge in [0.1, 0.15) is 6.61 Å². The second-order valence-corrected chi connectivity index (χ2v) is 40.1. The number of allylic oxidation sites excluding steroid dienone is 2. The summed E-state index contributed by atoms with van der Waals surface area (Å²) in [5.74, 6) is 3.40. The summed E-state index contributed by atoms with van der Waals surface area (Å²) < 4.78 is 33.7. The lowest BCUT2D eigenvalue weighted by Crippen LogP contribution is -2.69. The molecule has 9 nitrogen and oxygen atoms in total. The van der Waals surface area contributed by atoms with Gasteiger partial charge in [-0.15, -0.1) is 0 Å². The summed E-state index contributed by atoms with van der Waals surface area (Å²) in [4.78, 5) is 28.0. The zero-order chi connectivity index (χ0) is 68.9. The summed E-state index contributed by atoms with van der Waals surface area (Å²) in [6.45, 7) is 63.6. The highest BCUT2D eigenvalue weighted by Crippen LogP contribution is 2.78. The molecular weight excluding hydrogens is 1150 g/mol. The summed E-state index contributed by atoms with van der Waals surface area (Å²) >= 11 is 0. The Morgan fingerprint density at radius 2 is 0.989 bits per heavy atom. The minimum Gasteiger partial charge on any atom is -0.481 e. The lowest BCUT2D eigenvalue weighted by molar-refractivity contribution is -0.256. The van der Waals surface area contributed by atoms with Crippen LogP contribution in [-0.4, -0.2) is 74.4 Å². The van der Waals surface area contributed by atoms with Crippen molar-refractivity contribution in [1.29, 1.82) is 0 Å². The number of carboxylic acid groups (broad SMARTS) is 1. The Balaban J connectivity index is 0.000000206. The molecule has 1 aromatic carbocycles. The van der Waals surface area contributed by atoms with Gasteiger partial charge in [-0.25, -0.2) is 0 Å². The average Bonchev–Trinajstić information content (AvgIpc) is 0.679. The molecule has 1 aromatic rings. The number of hydrogen-bond donors (Lipinski definition) is 2. The van der Waals surface area contributed by atoms with Crippen molar-refractivity contribution in [3.05, 3.63) is 59.2 Å². The SMILES string of the molecule is CC(C)[C@@H](C)[C@@]1(C)CC[C@]2(C)[C@H]3CC[C@@H]4[C@@]5(COC[C@@]4(C)[C@@H](OCC(C)(C)C(C)(C)C)[C@H](C)C5)C3=CC[C@@]2(C)[C@@H]1C(=O)OCc1ccccc1.CC(C)[C@@H](C)[C@@]1(C)CC[C@]2(C)[C@H]3CC[C@@H]4[C@@]5(COC[C@@]4(C)[C@@H](OC[C@@](C)(N)C(C)(C)C)[C@H](C)C5)C3=CC[C@@]2(C)[C@@H]1C(=O)O. The van der Waals surface area contributed by atoms with Gasteiger partial charge in [0.05, 0.1) is 63.7 Å². The Bertz CT molecular complexity index is 2970. The minimum atomic E-state index is -0.589. The highest BCUT2D eigenvalue weighted by atomic mass is 16.5. The van der Waals surface area contributed by atoms with Gasteiger partial charge >= 0.3 is 11.9 Å². The lowest BCUT2D eigenvalue weighted by Gasteiger charge is -2.71. The molecule has 0 radical (unpaired) electrons. The van der Waals surface area contributed by atoms with Crippen LogP contribution in [0.25, 0.3) is 0 Å². The zero-order valence-electron chi connectivity index (χ0n) is 63.9. The first-order chi connectivity index (χ1) is 42.8. The van der Waals surface area contributed by atoms with Gasteiger partial charge < -0.3 is 34.5 Å². The fourth-order valence-corrected chi connectivity index (χ4v) is 24.5. The van der Waals surface area contributed by atoms with Gasteiger partial charge in [0.25, 0.3) is 0 Å². The van der Waals surface area contributed by atoms with Gasteiger partial charge in [-0.05, 0) is 197 Å². The average molecular weight is 1290 g/mol. The van der Waals surface area contributed by atoms with Gasteiger partial charge in [0.2, 0.25) is 0 Å². The van der Waals surface area contributed by atoms with E-state index >= 15 is 0 Å². The maximum absolute atomic E-state index is 14.7. The summed E-state index contributed by atoms with van der Waals surface area (Å²) in [6, 6.07) is 10.2. The topological polar surface area (TPSA) is 127 Å². The molecule has 6 saturated carbocycles. The van der Waals surface area contributed by atoms with Crippen molar-refractivity contribution in [1.82, 2.24) is 0 Å². The maximum Gasteiger partial charge on any atom is 0.310 e. The molecule has 93 heavy (non-hydrogen) atoms. The van der Waals surface area contributed by atoms with Crippen LogP contribution in [0.1, 0.15) is 256 Å². The Labute approximate surface area is 567 Å². The number of aliphatic carboxylic acids is 1. The number of carboxylic acids is 1. The number of hydrogen-bond acceptors (Lipinski definition) is 8. The molecule has 3 N–H and O–H groups in total. The molecule has 23 atom stereocenters. The smallest absolute Gasteiger partial charge is 0.310 e. The molecular formula is C84H137NO8. The fourth-order valence-electron chi connectivity index (χ4n) is 24.5. The van der Waals surface area contributed by atoms with Crippen LogP contribution in [0, 0.1) is 141 Å². The second-order valence-electron chi connectivity index (χ2n) is 40.1. The van der Waals surface area contributed by atoms with E-state index in [4.69, 9.17) is 29.4 Å². The predicted molar refractivity (Wildman–Crippen MR) is 379 cm³/mol. The van der Waals surface area contributed by atoms with Crippen LogP contribution in [0.15, 0.2) is 53.6 Å². The Morgan fingerprint density at radius 3 is 1.40 bits per heavy atom. The number of carbonyl (C=O) groups is 2. The maximum atomic E-state index is 14.7. The van der Waals surface area contributed by atoms with Crippen molar-refractivity contribution >= 4 is 11.9 Å². The predicted octanol–water partition coefficient (Wildman–Crippen LogP) is 19.7. The molecule has 4 bridgehead atoms. The molecule has 2 heterocycles. The zero-order valence-corrected chi connectivity index (χ0v) is 63.9. The minimum absolute atomic E-state index is 0.00458. The number of esters is 1. The first-order valence-electron chi connectivity index (χ1n) is 37.8. The summed E-state index contributed by atoms with van der Waals surface area (Å²) in [5.41, 5.74) is 10.1. The van der Waals surface area contributed by atoms with E-state index in [0.717, 1.165) is 103 Å². The monoisotopic (exact) mass is 1290 g/mol. The number of rotatable bonds is 14. The van der Waals surface area contributed by atoms with Crippen molar-refractivity contribution in [2.24, 2.45) is 147 Å². The van der Waals surface area contributed by atoms with Crippen LogP contribution in [0.3, 0.4) is 0 Å². The van der Waals surface area contributed by atoms with Gasteiger partial charge in [0, 0.05) is 27.2 Å². The van der Waals surface area contributed by atoms with E-state index in [-0.39, 0.29) is 100 Å². The molecule has 0 amide bonds. The summed E-state index contributed by atoms with van der Waals surface area (Å²) in [7, 11) is 0. The van der Waals surface area contributed by atoms with Crippen molar-refractivity contribution in [2.45, 2.75) is 274 Å². The third kappa shape index (κ3) is 11.1. The van der Waals surface area contributed by atoms with E-state index in [0.29, 0.717) is 72.4 Å². The van der Waals surface area contributed by atoms with E-state index < -0.39 is 11.5 Å². The molecule has 0 aromatic heterocycles. The molecule has 9 heteroatoms. The van der Waals surface area contributed by atoms with Gasteiger partial charge in [-0.2, -0.15) is 0 Å². The highest BCUT2D eigenvalue weighted by molar-refractivity contribution is 5.75. The quantitative estimate of drug-likeness (QED) is 0.138. The number of ether oxygens (including phenoxy) is 5. The van der Waals surface area contributed by atoms with Crippen LogP contribution >= 0.6 is 0 Å². The van der Waals surface area contributed by atoms with Crippen molar-refractivity contribution in [2.75, 3.05) is 39.6 Å². The first kappa shape index (κ1) is 73.2. The molecule has 8 fully saturated rings. The third-order valence-corrected chi connectivity index (χ3v) is 32.9. The largest absolute Gasteiger partial charge is 0.481 e. The number of fused-ring (bicyclic) bond motifs is 6. The molecule has 526 valence electrons. The van der Waals surface area contributed by atoms with Crippen molar-refractivity contribution in [3.63, 3.8) is 0 Å². The van der Waals surface area contributed by atoms with E-state index in [2.05, 4.69) is 197 Å². The Hall–Kier alpha value is -2.56. The Kier molecular flexibility index (Phi) is 19.2. The van der Waals surface area contributed by atoms with Crippen molar-refractivity contribution in [3.8, 4) is 0 Å². The standard InChI is InChI=1S/C46H72O4.C38H65NO4/c1-30(2)32(4)42(10)23-24-44(12)34-19-20-36-43(11)28-48-29-46(36,25-31(3)38(43)50-27-41(8,9)40(5,6)7)35(34)21-22-45(44,13)37(42)39(47)49-26-33-17-15-14-16-18-33;1-23(2)25(4)33(8)17-18-35(10)26-13-14-28-34(9)20-42-22-38(28,27(26)15-16-36(35,11)29(33)31(40)41)19-24(3)30(34)43-21-37(12,39)32(5,6)7/h14-18,21,30-32,34,36-38H,19-20,22-29H2,1-13H3;15,23-26,28-30H,13-14,16-22,39H2,1-12H3,(H,40,41)/t31-,32-,34+,36+,37-,38+,42-,43-,44-,45+,46+;24-,25-,26+,28+,29-,30+,33-,34-,35-,36+,37-,38+/m11/s1. The summed E-state index contributed by atoms with van der Waals surface area (Å²) in [5, 5.41) is 10.9. The van der Waals surface area contributed by atoms with Crippen LogP contribution in [0.2, 0.25) is 0 Å². The molecule has 8 aliphatic carbocycles. The molecule has 11 rings (SSSR count). The fraction of sp³-hybridized carbons (Fsp3) is 0.857. The number of carbonyl (C=O) groups excluding carboxylic acids is 1. The number of benzene rings is 1. The van der Waals surface area contributed by atoms with Crippen LogP contribution in [-0.2, 0) is 39.9 Å². The van der Waals surface area contributed by atoms with Gasteiger partial charge in [0.15, 0.2) is 0 Å². The number of nitrogens with two attached hydrogens (primary N) is 1. The van der Waals surface area contributed by atoms with Crippen LogP contribution < -0.4 is 5.73 Å². The second kappa shape index (κ2) is 24.4. The van der Waals surface area contributed by atoms with E-state index in [1.165, 1.54) is 12.8 Å². The van der Waals surface area contributed by atoms with E-state index in [1.54, 1.807) is 11.1 Å². The van der Waals surface area contributed by atoms with E-state index in [1.807, 2.05) is 18.2 Å². The normalized spacial score (nSPS) is 45.0. The van der Waals surface area contributed by atoms with Crippen molar-refractivity contribution < 1.29 is 38.4 Å². The first-order valence-corrected chi connectivity index (χ1v) is 37.8. The Morgan fingerprint density at radius 1 is 0.570 bits per heavy atom. The molecule has 10 aliphatic rings. The van der Waals surface area contributed by atoms with Crippen LogP contribution in [0.5, 0.6) is 0 Å². The molecule has 0 unspecified atom stereocenters. The lowest BCUT2D eigenvalue weighted by atomic mass is 9.34. The van der Waals surface area contributed by atoms with Gasteiger partial charge in [-0.1, -0.05) is 220 Å². The highest BCUT2D eigenvalue weighted by Gasteiger charge is 2.74. The molecule has 0 spiro atoms. The molecule has 2 aliphatic heterocycles. The third-order valence-electron chi connectivity index (χ3n) is 32.9. The van der Waals surface area contributed by atoms with Gasteiger partial charge in [-0.3, -0.25) is 9.59 Å². The van der Waals surface area contributed by atoms with E-state index in [9.17, 15) is 14.7 Å². The summed E-state index contributed by atoms with van der Waals surface area (Å²) in [6.07, 6.45) is 18.5.